The van der Waals surface area contributed by atoms with Crippen molar-refractivity contribution >= 4 is 11.3 Å². The van der Waals surface area contributed by atoms with Crippen LogP contribution >= 0.6 is 11.3 Å². The average Bonchev–Trinajstić information content (AvgIpc) is 2.94. The van der Waals surface area contributed by atoms with Gasteiger partial charge in [-0.3, -0.25) is 4.90 Å². The number of morpholine rings is 1. The van der Waals surface area contributed by atoms with Crippen LogP contribution in [-0.4, -0.2) is 48.0 Å². The van der Waals surface area contributed by atoms with Crippen LogP contribution in [0.5, 0.6) is 0 Å². The van der Waals surface area contributed by atoms with Crippen molar-refractivity contribution in [3.05, 3.63) is 22.4 Å². The zero-order valence-corrected chi connectivity index (χ0v) is 12.5. The summed E-state index contributed by atoms with van der Waals surface area (Å²) >= 11 is 1.70. The number of nitrogens with two attached hydrogens (primary N) is 1. The number of nitrogens with zero attached hydrogens (tertiary/aromatic N) is 1. The van der Waals surface area contributed by atoms with E-state index in [1.807, 2.05) is 0 Å². The molecule has 1 aromatic heterocycles. The summed E-state index contributed by atoms with van der Waals surface area (Å²) in [6.45, 7) is 5.75. The lowest BCUT2D eigenvalue weighted by Crippen LogP contribution is -2.54. The molecule has 1 saturated heterocycles. The van der Waals surface area contributed by atoms with Gasteiger partial charge in [0.15, 0.2) is 0 Å². The van der Waals surface area contributed by atoms with Gasteiger partial charge in [0.2, 0.25) is 0 Å². The van der Waals surface area contributed by atoms with E-state index in [9.17, 15) is 5.11 Å². The number of hydrogen-bond donors (Lipinski definition) is 2. The molecule has 2 rings (SSSR count). The predicted molar refractivity (Wildman–Crippen MR) is 78.3 cm³/mol. The van der Waals surface area contributed by atoms with E-state index in [0.29, 0.717) is 12.6 Å². The van der Waals surface area contributed by atoms with Gasteiger partial charge in [-0.05, 0) is 35.7 Å². The fourth-order valence-corrected chi connectivity index (χ4v) is 3.38. The van der Waals surface area contributed by atoms with Gasteiger partial charge in [0, 0.05) is 18.6 Å². The van der Waals surface area contributed by atoms with E-state index >= 15 is 0 Å². The van der Waals surface area contributed by atoms with Gasteiger partial charge < -0.3 is 15.6 Å². The molecular weight excluding hydrogens is 260 g/mol. The van der Waals surface area contributed by atoms with Crippen LogP contribution in [0.4, 0.5) is 0 Å². The van der Waals surface area contributed by atoms with Gasteiger partial charge in [0.1, 0.15) is 0 Å². The Morgan fingerprint density at radius 1 is 1.63 bits per heavy atom. The first-order valence-electron chi connectivity index (χ1n) is 6.93. The molecule has 2 heterocycles. The first-order chi connectivity index (χ1) is 9.17. The molecule has 4 atom stereocenters. The summed E-state index contributed by atoms with van der Waals surface area (Å²) in [4.78, 5) is 2.39. The molecule has 4 unspecified atom stereocenters. The number of thiophene rings is 1. The van der Waals surface area contributed by atoms with Gasteiger partial charge in [-0.2, -0.15) is 11.3 Å². The third kappa shape index (κ3) is 3.35. The van der Waals surface area contributed by atoms with Crippen molar-refractivity contribution in [2.45, 2.75) is 44.5 Å². The fourth-order valence-electron chi connectivity index (χ4n) is 2.69. The molecule has 1 fully saturated rings. The molecule has 1 aliphatic rings. The monoisotopic (exact) mass is 284 g/mol. The third-order valence-electron chi connectivity index (χ3n) is 3.88. The molecule has 4 nitrogen and oxygen atoms in total. The molecule has 0 saturated carbocycles. The van der Waals surface area contributed by atoms with Gasteiger partial charge in [-0.15, -0.1) is 0 Å². The molecule has 108 valence electrons. The van der Waals surface area contributed by atoms with Crippen molar-refractivity contribution in [2.24, 2.45) is 5.73 Å². The van der Waals surface area contributed by atoms with Crippen LogP contribution in [0.1, 0.15) is 31.9 Å². The van der Waals surface area contributed by atoms with Crippen LogP contribution in [0.2, 0.25) is 0 Å². The maximum atomic E-state index is 9.32. The van der Waals surface area contributed by atoms with E-state index < -0.39 is 0 Å². The van der Waals surface area contributed by atoms with Crippen molar-refractivity contribution in [3.63, 3.8) is 0 Å². The number of hydrogen-bond acceptors (Lipinski definition) is 5. The summed E-state index contributed by atoms with van der Waals surface area (Å²) in [5.74, 6) is 0. The summed E-state index contributed by atoms with van der Waals surface area (Å²) in [6.07, 6.45) is 0.843. The number of aliphatic hydroxyl groups is 1. The van der Waals surface area contributed by atoms with Crippen LogP contribution in [0.3, 0.4) is 0 Å². The summed E-state index contributed by atoms with van der Waals surface area (Å²) < 4.78 is 5.62. The van der Waals surface area contributed by atoms with Crippen molar-refractivity contribution in [3.8, 4) is 0 Å². The highest BCUT2D eigenvalue weighted by Gasteiger charge is 2.34. The molecule has 0 spiro atoms. The second-order valence-electron chi connectivity index (χ2n) is 5.26. The lowest BCUT2D eigenvalue weighted by molar-refractivity contribution is -0.0948. The van der Waals surface area contributed by atoms with Crippen molar-refractivity contribution < 1.29 is 9.84 Å². The van der Waals surface area contributed by atoms with Gasteiger partial charge in [0.25, 0.3) is 0 Å². The molecule has 3 N–H and O–H groups in total. The zero-order chi connectivity index (χ0) is 13.8. The van der Waals surface area contributed by atoms with Crippen LogP contribution in [0.15, 0.2) is 16.8 Å². The van der Waals surface area contributed by atoms with E-state index in [-0.39, 0.29) is 24.8 Å². The minimum absolute atomic E-state index is 0.0704. The zero-order valence-electron chi connectivity index (χ0n) is 11.7. The molecule has 19 heavy (non-hydrogen) atoms. The van der Waals surface area contributed by atoms with Crippen LogP contribution < -0.4 is 5.73 Å². The Morgan fingerprint density at radius 3 is 3.00 bits per heavy atom. The second kappa shape index (κ2) is 6.81. The molecule has 0 amide bonds. The minimum Gasteiger partial charge on any atom is -0.394 e. The van der Waals surface area contributed by atoms with Crippen molar-refractivity contribution in [2.75, 3.05) is 19.8 Å². The fraction of sp³-hybridized carbons (Fsp3) is 0.714. The molecule has 1 aliphatic heterocycles. The average molecular weight is 284 g/mol. The molecule has 0 aliphatic carbocycles. The van der Waals surface area contributed by atoms with E-state index in [0.717, 1.165) is 13.0 Å². The van der Waals surface area contributed by atoms with E-state index in [2.05, 4.69) is 35.6 Å². The highest BCUT2D eigenvalue weighted by Crippen LogP contribution is 2.30. The smallest absolute Gasteiger partial charge is 0.0933 e. The number of aliphatic hydroxyl groups excluding tert-OH is 1. The normalized spacial score (nSPS) is 28.2. The number of ether oxygens (including phenoxy) is 1. The van der Waals surface area contributed by atoms with Crippen LogP contribution in [0, 0.1) is 0 Å². The summed E-state index contributed by atoms with van der Waals surface area (Å²) in [5.41, 5.74) is 7.63. The Morgan fingerprint density at radius 2 is 2.42 bits per heavy atom. The first kappa shape index (κ1) is 14.9. The maximum Gasteiger partial charge on any atom is 0.0933 e. The molecule has 0 aromatic carbocycles. The van der Waals surface area contributed by atoms with Crippen molar-refractivity contribution in [1.82, 2.24) is 4.90 Å². The Balaban J connectivity index is 2.21. The van der Waals surface area contributed by atoms with Gasteiger partial charge in [-0.1, -0.05) is 6.92 Å². The van der Waals surface area contributed by atoms with Crippen molar-refractivity contribution in [1.29, 1.82) is 0 Å². The second-order valence-corrected chi connectivity index (χ2v) is 6.04. The van der Waals surface area contributed by atoms with E-state index in [1.54, 1.807) is 11.3 Å². The van der Waals surface area contributed by atoms with Crippen LogP contribution in [-0.2, 0) is 4.74 Å². The molecule has 0 bridgehead atoms. The Labute approximate surface area is 119 Å². The van der Waals surface area contributed by atoms with E-state index in [4.69, 9.17) is 10.5 Å². The van der Waals surface area contributed by atoms with Gasteiger partial charge in [-0.25, -0.2) is 0 Å². The minimum atomic E-state index is -0.0959. The quantitative estimate of drug-likeness (QED) is 0.862. The predicted octanol–water partition coefficient (Wildman–Crippen LogP) is 1.61. The summed E-state index contributed by atoms with van der Waals surface area (Å²) in [6, 6.07) is 2.80. The summed E-state index contributed by atoms with van der Waals surface area (Å²) in [7, 11) is 0. The maximum absolute atomic E-state index is 9.32. The molecule has 0 radical (unpaired) electrons. The highest BCUT2D eigenvalue weighted by molar-refractivity contribution is 7.07. The molecule has 1 aromatic rings. The Bertz CT molecular complexity index is 372. The van der Waals surface area contributed by atoms with Crippen LogP contribution in [0.25, 0.3) is 0 Å². The third-order valence-corrected chi connectivity index (χ3v) is 4.58. The standard InChI is InChI=1S/C14H24N2O2S/c1-3-13(15)14(11-4-5-19-9-11)16-6-12(7-17)18-8-10(16)2/h4-5,9-10,12-14,17H,3,6-8,15H2,1-2H3. The lowest BCUT2D eigenvalue weighted by Gasteiger charge is -2.44. The van der Waals surface area contributed by atoms with Gasteiger partial charge >= 0.3 is 0 Å². The van der Waals surface area contributed by atoms with Gasteiger partial charge in [0.05, 0.1) is 25.4 Å². The Kier molecular flexibility index (Phi) is 5.36. The largest absolute Gasteiger partial charge is 0.394 e. The Hall–Kier alpha value is -0.460. The molecular formula is C14H24N2O2S. The topological polar surface area (TPSA) is 58.7 Å². The summed E-state index contributed by atoms with van der Waals surface area (Å²) in [5, 5.41) is 13.6. The SMILES string of the molecule is CCC(N)C(c1ccsc1)N1CC(CO)OCC1C. The lowest BCUT2D eigenvalue weighted by atomic mass is 9.96. The first-order valence-corrected chi connectivity index (χ1v) is 7.87. The number of rotatable bonds is 5. The molecule has 5 heteroatoms. The highest BCUT2D eigenvalue weighted by atomic mass is 32.1. The van der Waals surface area contributed by atoms with E-state index in [1.165, 1.54) is 5.56 Å².